The number of rotatable bonds is 4. The van der Waals surface area contributed by atoms with Crippen LogP contribution in [-0.4, -0.2) is 10.9 Å². The molecule has 0 spiro atoms. The number of amides is 1. The Balaban J connectivity index is 2.75. The van der Waals surface area contributed by atoms with Crippen LogP contribution in [0.1, 0.15) is 52.1 Å². The van der Waals surface area contributed by atoms with E-state index in [1.807, 2.05) is 26.2 Å². The van der Waals surface area contributed by atoms with Gasteiger partial charge in [0.15, 0.2) is 0 Å². The van der Waals surface area contributed by atoms with Gasteiger partial charge in [-0.25, -0.2) is 4.98 Å². The van der Waals surface area contributed by atoms with Crippen molar-refractivity contribution in [1.29, 1.82) is 0 Å². The van der Waals surface area contributed by atoms with Gasteiger partial charge in [0.05, 0.1) is 6.04 Å². The van der Waals surface area contributed by atoms with Crippen molar-refractivity contribution in [3.05, 3.63) is 16.6 Å². The van der Waals surface area contributed by atoms with Gasteiger partial charge >= 0.3 is 0 Å². The van der Waals surface area contributed by atoms with Crippen LogP contribution in [-0.2, 0) is 4.79 Å². The van der Waals surface area contributed by atoms with Crippen molar-refractivity contribution in [2.45, 2.75) is 47.1 Å². The van der Waals surface area contributed by atoms with Crippen LogP contribution in [0.25, 0.3) is 0 Å². The van der Waals surface area contributed by atoms with Crippen LogP contribution < -0.4 is 5.32 Å². The van der Waals surface area contributed by atoms with E-state index in [1.54, 1.807) is 17.5 Å². The van der Waals surface area contributed by atoms with E-state index in [-0.39, 0.29) is 17.4 Å². The van der Waals surface area contributed by atoms with Crippen molar-refractivity contribution in [3.8, 4) is 0 Å². The first kappa shape index (κ1) is 14.2. The highest BCUT2D eigenvalue weighted by Gasteiger charge is 2.26. The Hall–Kier alpha value is -0.900. The Kier molecular flexibility index (Phi) is 4.69. The molecule has 1 heterocycles. The molecular formula is C13H22N2OS. The molecule has 1 unspecified atom stereocenters. The number of hydrogen-bond acceptors (Lipinski definition) is 3. The average molecular weight is 254 g/mol. The third kappa shape index (κ3) is 4.46. The lowest BCUT2D eigenvalue weighted by Gasteiger charge is -2.24. The van der Waals surface area contributed by atoms with Gasteiger partial charge in [0.1, 0.15) is 5.01 Å². The molecule has 0 aliphatic heterocycles. The third-order valence-electron chi connectivity index (χ3n) is 2.44. The molecule has 17 heavy (non-hydrogen) atoms. The summed E-state index contributed by atoms with van der Waals surface area (Å²) >= 11 is 1.60. The van der Waals surface area contributed by atoms with E-state index in [1.165, 1.54) is 0 Å². The van der Waals surface area contributed by atoms with E-state index in [2.05, 4.69) is 24.1 Å². The molecule has 1 rings (SSSR count). The topological polar surface area (TPSA) is 42.0 Å². The first-order valence-corrected chi connectivity index (χ1v) is 6.89. The van der Waals surface area contributed by atoms with E-state index < -0.39 is 0 Å². The van der Waals surface area contributed by atoms with Gasteiger partial charge in [-0.1, -0.05) is 34.6 Å². The minimum Gasteiger partial charge on any atom is -0.346 e. The second kappa shape index (κ2) is 5.63. The normalized spacial score (nSPS) is 13.8. The molecule has 0 fully saturated rings. The summed E-state index contributed by atoms with van der Waals surface area (Å²) in [6.07, 6.45) is 2.71. The van der Waals surface area contributed by atoms with E-state index in [0.29, 0.717) is 5.92 Å². The van der Waals surface area contributed by atoms with Crippen molar-refractivity contribution >= 4 is 17.2 Å². The fourth-order valence-electron chi connectivity index (χ4n) is 1.47. The quantitative estimate of drug-likeness (QED) is 0.895. The molecule has 0 saturated heterocycles. The predicted molar refractivity (Wildman–Crippen MR) is 71.9 cm³/mol. The van der Waals surface area contributed by atoms with Crippen molar-refractivity contribution in [1.82, 2.24) is 10.3 Å². The van der Waals surface area contributed by atoms with E-state index in [9.17, 15) is 4.79 Å². The Morgan fingerprint density at radius 1 is 1.47 bits per heavy atom. The molecule has 96 valence electrons. The summed E-state index contributed by atoms with van der Waals surface area (Å²) in [5.74, 6) is 0.613. The number of nitrogens with zero attached hydrogens (tertiary/aromatic N) is 1. The highest BCUT2D eigenvalue weighted by atomic mass is 32.1. The van der Waals surface area contributed by atoms with Crippen LogP contribution in [0.15, 0.2) is 11.6 Å². The number of thiazole rings is 1. The van der Waals surface area contributed by atoms with E-state index in [0.717, 1.165) is 11.4 Å². The highest BCUT2D eigenvalue weighted by Crippen LogP contribution is 2.25. The zero-order valence-electron chi connectivity index (χ0n) is 11.3. The molecule has 0 radical (unpaired) electrons. The van der Waals surface area contributed by atoms with Crippen molar-refractivity contribution < 1.29 is 4.79 Å². The molecule has 0 aliphatic carbocycles. The summed E-state index contributed by atoms with van der Waals surface area (Å²) in [5, 5.41) is 6.05. The molecule has 3 nitrogen and oxygen atoms in total. The van der Waals surface area contributed by atoms with Crippen molar-refractivity contribution in [2.24, 2.45) is 11.3 Å². The van der Waals surface area contributed by atoms with Crippen LogP contribution >= 0.6 is 11.3 Å². The smallest absolute Gasteiger partial charge is 0.225 e. The number of nitrogens with one attached hydrogen (secondary N) is 1. The average Bonchev–Trinajstić information content (AvgIpc) is 2.66. The SMILES string of the molecule is CC(C)CC(NC(=O)C(C)(C)C)c1nccs1. The fraction of sp³-hybridized carbons (Fsp3) is 0.692. The van der Waals surface area contributed by atoms with Gasteiger partial charge in [-0.15, -0.1) is 11.3 Å². The molecule has 0 aromatic carbocycles. The molecule has 1 N–H and O–H groups in total. The number of carbonyl (C=O) groups is 1. The molecule has 1 aromatic heterocycles. The van der Waals surface area contributed by atoms with Gasteiger partial charge in [0.2, 0.25) is 5.91 Å². The van der Waals surface area contributed by atoms with Gasteiger partial charge in [-0.05, 0) is 12.3 Å². The van der Waals surface area contributed by atoms with Crippen LogP contribution in [0.2, 0.25) is 0 Å². The van der Waals surface area contributed by atoms with Crippen molar-refractivity contribution in [2.75, 3.05) is 0 Å². The molecule has 1 atom stereocenters. The Morgan fingerprint density at radius 3 is 2.53 bits per heavy atom. The van der Waals surface area contributed by atoms with Crippen LogP contribution in [0.5, 0.6) is 0 Å². The second-order valence-electron chi connectivity index (χ2n) is 5.78. The highest BCUT2D eigenvalue weighted by molar-refractivity contribution is 7.09. The standard InChI is InChI=1S/C13H22N2OS/c1-9(2)8-10(11-14-6-7-17-11)15-12(16)13(3,4)5/h6-7,9-10H,8H2,1-5H3,(H,15,16). The minimum atomic E-state index is -0.355. The van der Waals surface area contributed by atoms with Gasteiger partial charge in [-0.3, -0.25) is 4.79 Å². The van der Waals surface area contributed by atoms with Crippen LogP contribution in [0.4, 0.5) is 0 Å². The molecule has 0 bridgehead atoms. The van der Waals surface area contributed by atoms with Crippen LogP contribution in [0.3, 0.4) is 0 Å². The Labute approximate surface area is 108 Å². The maximum atomic E-state index is 12.0. The third-order valence-corrected chi connectivity index (χ3v) is 3.33. The van der Waals surface area contributed by atoms with Gasteiger partial charge < -0.3 is 5.32 Å². The minimum absolute atomic E-state index is 0.0433. The second-order valence-corrected chi connectivity index (χ2v) is 6.70. The molecule has 4 heteroatoms. The van der Waals surface area contributed by atoms with E-state index in [4.69, 9.17) is 0 Å². The van der Waals surface area contributed by atoms with Gasteiger partial charge in [0, 0.05) is 17.0 Å². The first-order valence-electron chi connectivity index (χ1n) is 6.01. The lowest BCUT2D eigenvalue weighted by molar-refractivity contribution is -0.129. The largest absolute Gasteiger partial charge is 0.346 e. The monoisotopic (exact) mass is 254 g/mol. The van der Waals surface area contributed by atoms with Crippen molar-refractivity contribution in [3.63, 3.8) is 0 Å². The maximum absolute atomic E-state index is 12.0. The Bertz CT molecular complexity index is 352. The summed E-state index contributed by atoms with van der Waals surface area (Å²) in [4.78, 5) is 16.3. The molecule has 0 aliphatic rings. The maximum Gasteiger partial charge on any atom is 0.225 e. The number of hydrogen-bond donors (Lipinski definition) is 1. The molecule has 0 saturated carbocycles. The lowest BCUT2D eigenvalue weighted by atomic mass is 9.94. The van der Waals surface area contributed by atoms with Gasteiger partial charge in [-0.2, -0.15) is 0 Å². The van der Waals surface area contributed by atoms with Gasteiger partial charge in [0.25, 0.3) is 0 Å². The predicted octanol–water partition coefficient (Wildman–Crippen LogP) is 3.39. The zero-order chi connectivity index (χ0) is 13.1. The van der Waals surface area contributed by atoms with E-state index >= 15 is 0 Å². The summed E-state index contributed by atoms with van der Waals surface area (Å²) in [7, 11) is 0. The number of aromatic nitrogens is 1. The summed E-state index contributed by atoms with van der Waals surface area (Å²) in [6.45, 7) is 10.1. The molecular weight excluding hydrogens is 232 g/mol. The summed E-state index contributed by atoms with van der Waals surface area (Å²) in [5.41, 5.74) is -0.355. The zero-order valence-corrected chi connectivity index (χ0v) is 12.1. The first-order chi connectivity index (χ1) is 7.80. The fourth-order valence-corrected chi connectivity index (χ4v) is 2.18. The number of carbonyl (C=O) groups excluding carboxylic acids is 1. The van der Waals surface area contributed by atoms with Crippen LogP contribution in [0, 0.1) is 11.3 Å². The summed E-state index contributed by atoms with van der Waals surface area (Å²) < 4.78 is 0. The lowest BCUT2D eigenvalue weighted by Crippen LogP contribution is -2.37. The Morgan fingerprint density at radius 2 is 2.12 bits per heavy atom. The summed E-state index contributed by atoms with van der Waals surface area (Å²) in [6, 6.07) is 0.0433. The molecule has 1 amide bonds. The molecule has 1 aromatic rings.